The Kier molecular flexibility index (Phi) is 11.5. The van der Waals surface area contributed by atoms with Gasteiger partial charge in [0.1, 0.15) is 5.75 Å². The van der Waals surface area contributed by atoms with E-state index in [0.29, 0.717) is 23.6 Å². The highest BCUT2D eigenvalue weighted by Gasteiger charge is 2.18. The predicted molar refractivity (Wildman–Crippen MR) is 160 cm³/mol. The number of rotatable bonds is 13. The number of nitrogens with one attached hydrogen (secondary N) is 3. The van der Waals surface area contributed by atoms with Gasteiger partial charge in [-0.2, -0.15) is 9.97 Å². The van der Waals surface area contributed by atoms with Crippen molar-refractivity contribution in [2.45, 2.75) is 37.5 Å². The molecule has 0 saturated heterocycles. The Bertz CT molecular complexity index is 1420. The zero-order chi connectivity index (χ0) is 29.1. The summed E-state index contributed by atoms with van der Waals surface area (Å²) in [5.41, 5.74) is 0.802. The Morgan fingerprint density at radius 3 is 2.42 bits per heavy atom. The molecule has 2 aromatic carbocycles. The van der Waals surface area contributed by atoms with Crippen molar-refractivity contribution >= 4 is 60.7 Å². The SMILES string of the molecule is CCCCCCOc1ccc(Br)cc1C(=O)NC(=S)Nc1ccc(S(=O)(=O)Nc2cc(OC)nc(OC)n2)cc1. The molecule has 0 fully saturated rings. The van der Waals surface area contributed by atoms with Gasteiger partial charge in [0.25, 0.3) is 15.9 Å². The average Bonchev–Trinajstić information content (AvgIpc) is 2.93. The van der Waals surface area contributed by atoms with Crippen molar-refractivity contribution < 1.29 is 27.4 Å². The van der Waals surface area contributed by atoms with E-state index in [2.05, 4.69) is 48.2 Å². The van der Waals surface area contributed by atoms with Crippen LogP contribution in [0.2, 0.25) is 0 Å². The predicted octanol–water partition coefficient (Wildman–Crippen LogP) is 5.14. The molecule has 11 nitrogen and oxygen atoms in total. The van der Waals surface area contributed by atoms with Gasteiger partial charge >= 0.3 is 6.01 Å². The molecule has 0 aliphatic carbocycles. The summed E-state index contributed by atoms with van der Waals surface area (Å²) in [6.07, 6.45) is 4.21. The Morgan fingerprint density at radius 1 is 1.00 bits per heavy atom. The fourth-order valence-electron chi connectivity index (χ4n) is 3.42. The number of carbonyl (C=O) groups is 1. The highest BCUT2D eigenvalue weighted by atomic mass is 79.9. The number of carbonyl (C=O) groups excluding carboxylic acids is 1. The molecule has 40 heavy (non-hydrogen) atoms. The van der Waals surface area contributed by atoms with Crippen molar-refractivity contribution in [1.29, 1.82) is 0 Å². The van der Waals surface area contributed by atoms with E-state index in [9.17, 15) is 13.2 Å². The lowest BCUT2D eigenvalue weighted by Crippen LogP contribution is -2.34. The van der Waals surface area contributed by atoms with Gasteiger partial charge in [-0.3, -0.25) is 14.8 Å². The van der Waals surface area contributed by atoms with E-state index in [1.807, 2.05) is 0 Å². The van der Waals surface area contributed by atoms with Gasteiger partial charge in [0.2, 0.25) is 5.88 Å². The maximum Gasteiger partial charge on any atom is 0.321 e. The molecule has 0 spiro atoms. The first-order valence-electron chi connectivity index (χ1n) is 12.3. The molecule has 0 aliphatic rings. The van der Waals surface area contributed by atoms with Crippen LogP contribution < -0.4 is 29.6 Å². The minimum atomic E-state index is -3.99. The molecule has 3 aromatic rings. The number of hydrogen-bond acceptors (Lipinski definition) is 9. The fourth-order valence-corrected chi connectivity index (χ4v) is 4.98. The molecule has 0 atom stereocenters. The molecular formula is C26H30BrN5O6S2. The molecule has 1 amide bonds. The number of hydrogen-bond donors (Lipinski definition) is 3. The van der Waals surface area contributed by atoms with E-state index in [-0.39, 0.29) is 27.7 Å². The molecule has 1 heterocycles. The van der Waals surface area contributed by atoms with Gasteiger partial charge in [-0.25, -0.2) is 8.42 Å². The lowest BCUT2D eigenvalue weighted by Gasteiger charge is -2.14. The van der Waals surface area contributed by atoms with Crippen LogP contribution in [-0.4, -0.2) is 50.2 Å². The summed E-state index contributed by atoms with van der Waals surface area (Å²) in [6, 6.07) is 12.2. The molecule has 14 heteroatoms. The molecule has 0 aliphatic heterocycles. The first kappa shape index (κ1) is 31.0. The molecule has 0 unspecified atom stereocenters. The lowest BCUT2D eigenvalue weighted by molar-refractivity contribution is 0.0973. The van der Waals surface area contributed by atoms with Crippen LogP contribution in [0.5, 0.6) is 17.6 Å². The minimum Gasteiger partial charge on any atom is -0.493 e. The van der Waals surface area contributed by atoms with Crippen LogP contribution in [0.1, 0.15) is 43.0 Å². The van der Waals surface area contributed by atoms with Crippen molar-refractivity contribution in [2.75, 3.05) is 30.9 Å². The van der Waals surface area contributed by atoms with Crippen molar-refractivity contribution in [2.24, 2.45) is 0 Å². The number of benzene rings is 2. The summed E-state index contributed by atoms with van der Waals surface area (Å²) in [7, 11) is -1.24. The van der Waals surface area contributed by atoms with Gasteiger partial charge in [-0.1, -0.05) is 42.1 Å². The third-order valence-electron chi connectivity index (χ3n) is 5.40. The average molecular weight is 653 g/mol. The highest BCUT2D eigenvalue weighted by Crippen LogP contribution is 2.24. The molecular weight excluding hydrogens is 622 g/mol. The minimum absolute atomic E-state index is 0.0216. The summed E-state index contributed by atoms with van der Waals surface area (Å²) in [6.45, 7) is 2.65. The topological polar surface area (TPSA) is 141 Å². The van der Waals surface area contributed by atoms with Crippen LogP contribution in [0.4, 0.5) is 11.5 Å². The Balaban J connectivity index is 1.63. The molecule has 3 N–H and O–H groups in total. The van der Waals surface area contributed by atoms with Crippen LogP contribution in [0, 0.1) is 0 Å². The quantitative estimate of drug-likeness (QED) is 0.168. The zero-order valence-corrected chi connectivity index (χ0v) is 25.4. The van der Waals surface area contributed by atoms with Gasteiger partial charge in [0.15, 0.2) is 10.9 Å². The van der Waals surface area contributed by atoms with Gasteiger partial charge in [0, 0.05) is 16.2 Å². The van der Waals surface area contributed by atoms with E-state index >= 15 is 0 Å². The van der Waals surface area contributed by atoms with Crippen LogP contribution in [-0.2, 0) is 10.0 Å². The normalized spacial score (nSPS) is 10.9. The number of halogens is 1. The molecule has 3 rings (SSSR count). The third kappa shape index (κ3) is 9.03. The molecule has 0 bridgehead atoms. The summed E-state index contributed by atoms with van der Waals surface area (Å²) in [4.78, 5) is 20.8. The van der Waals surface area contributed by atoms with Crippen LogP contribution in [0.25, 0.3) is 0 Å². The number of amides is 1. The molecule has 214 valence electrons. The Labute approximate surface area is 247 Å². The van der Waals surface area contributed by atoms with E-state index in [1.165, 1.54) is 44.6 Å². The number of thiocarbonyl (C=S) groups is 1. The van der Waals surface area contributed by atoms with E-state index in [4.69, 9.17) is 26.4 Å². The van der Waals surface area contributed by atoms with Crippen molar-refractivity contribution in [3.8, 4) is 17.6 Å². The zero-order valence-electron chi connectivity index (χ0n) is 22.2. The summed E-state index contributed by atoms with van der Waals surface area (Å²) in [5, 5.41) is 5.55. The first-order chi connectivity index (χ1) is 19.1. The second kappa shape index (κ2) is 14.8. The van der Waals surface area contributed by atoms with Gasteiger partial charge in [-0.15, -0.1) is 0 Å². The van der Waals surface area contributed by atoms with E-state index < -0.39 is 15.9 Å². The number of ether oxygens (including phenoxy) is 3. The number of anilines is 2. The third-order valence-corrected chi connectivity index (χ3v) is 7.47. The largest absolute Gasteiger partial charge is 0.493 e. The second-order valence-electron chi connectivity index (χ2n) is 8.37. The maximum absolute atomic E-state index is 12.9. The van der Waals surface area contributed by atoms with Crippen molar-refractivity contribution in [3.05, 3.63) is 58.6 Å². The van der Waals surface area contributed by atoms with Crippen molar-refractivity contribution in [1.82, 2.24) is 15.3 Å². The number of methoxy groups -OCH3 is 2. The fraction of sp³-hybridized carbons (Fsp3) is 0.308. The van der Waals surface area contributed by atoms with Crippen LogP contribution >= 0.6 is 28.1 Å². The van der Waals surface area contributed by atoms with E-state index in [0.717, 1.165) is 30.2 Å². The first-order valence-corrected chi connectivity index (χ1v) is 15.0. The second-order valence-corrected chi connectivity index (χ2v) is 11.4. The number of sulfonamides is 1. The molecule has 0 saturated carbocycles. The van der Waals surface area contributed by atoms with Gasteiger partial charge in [0.05, 0.1) is 31.3 Å². The Morgan fingerprint density at radius 2 is 1.75 bits per heavy atom. The number of aromatic nitrogens is 2. The summed E-state index contributed by atoms with van der Waals surface area (Å²) >= 11 is 8.69. The van der Waals surface area contributed by atoms with Gasteiger partial charge in [-0.05, 0) is 61.1 Å². The monoisotopic (exact) mass is 651 g/mol. The van der Waals surface area contributed by atoms with Gasteiger partial charge < -0.3 is 19.5 Å². The Hall–Kier alpha value is -3.49. The van der Waals surface area contributed by atoms with Crippen molar-refractivity contribution in [3.63, 3.8) is 0 Å². The molecule has 1 aromatic heterocycles. The number of nitrogens with zero attached hydrogens (tertiary/aromatic N) is 2. The summed E-state index contributed by atoms with van der Waals surface area (Å²) < 4.78 is 44.6. The highest BCUT2D eigenvalue weighted by molar-refractivity contribution is 9.10. The smallest absolute Gasteiger partial charge is 0.321 e. The van der Waals surface area contributed by atoms with Crippen LogP contribution in [0.15, 0.2) is 57.9 Å². The van der Waals surface area contributed by atoms with Crippen LogP contribution in [0.3, 0.4) is 0 Å². The summed E-state index contributed by atoms with van der Waals surface area (Å²) in [5.74, 6) is 0.127. The standard InChI is InChI=1S/C26H30BrN5O6S2/c1-4-5-6-7-14-38-21-13-8-17(27)15-20(21)24(33)31-26(39)28-18-9-11-19(12-10-18)40(34,35)32-22-16-23(36-2)30-25(29-22)37-3/h8-13,15-16H,4-7,14H2,1-3H3,(H,29,30,32)(H2,28,31,33,39). The number of unbranched alkanes of at least 4 members (excludes halogenated alkanes) is 3. The maximum atomic E-state index is 12.9. The van der Waals surface area contributed by atoms with E-state index in [1.54, 1.807) is 18.2 Å². The lowest BCUT2D eigenvalue weighted by atomic mass is 10.2. The molecule has 0 radical (unpaired) electrons.